The molecule has 7 nitrogen and oxygen atoms in total. The van der Waals surface area contributed by atoms with E-state index < -0.39 is 5.97 Å². The summed E-state index contributed by atoms with van der Waals surface area (Å²) in [7, 11) is 0. The summed E-state index contributed by atoms with van der Waals surface area (Å²) in [5, 5.41) is 13.7. The number of morpholine rings is 1. The Kier molecular flexibility index (Phi) is 5.27. The van der Waals surface area contributed by atoms with Gasteiger partial charge in [0.15, 0.2) is 11.6 Å². The van der Waals surface area contributed by atoms with Gasteiger partial charge >= 0.3 is 5.97 Å². The Labute approximate surface area is 162 Å². The molecule has 3 aromatic rings. The Hall–Kier alpha value is -3.29. The summed E-state index contributed by atoms with van der Waals surface area (Å²) >= 11 is 0. The van der Waals surface area contributed by atoms with E-state index in [9.17, 15) is 9.90 Å². The van der Waals surface area contributed by atoms with Crippen molar-refractivity contribution in [3.8, 4) is 11.4 Å². The van der Waals surface area contributed by atoms with Crippen LogP contribution in [0.1, 0.15) is 10.4 Å². The molecule has 0 aliphatic carbocycles. The average Bonchev–Trinajstić information content (AvgIpc) is 2.76. The highest BCUT2D eigenvalue weighted by molar-refractivity contribution is 5.94. The lowest BCUT2D eigenvalue weighted by Crippen LogP contribution is -2.47. The lowest BCUT2D eigenvalue weighted by atomic mass is 10.2. The van der Waals surface area contributed by atoms with Gasteiger partial charge in [-0.3, -0.25) is 5.01 Å². The molecule has 2 aromatic carbocycles. The molecule has 0 saturated carbocycles. The number of ether oxygens (including phenoxy) is 1. The van der Waals surface area contributed by atoms with Gasteiger partial charge in [0.05, 0.1) is 18.9 Å². The fraction of sp³-hybridized carbons (Fsp3) is 0.190. The predicted molar refractivity (Wildman–Crippen MR) is 105 cm³/mol. The Morgan fingerprint density at radius 2 is 1.64 bits per heavy atom. The first-order valence-corrected chi connectivity index (χ1v) is 9.07. The second kappa shape index (κ2) is 8.16. The molecule has 0 atom stereocenters. The number of hydrazine groups is 1. The van der Waals surface area contributed by atoms with Gasteiger partial charge in [-0.25, -0.2) is 19.8 Å². The second-order valence-electron chi connectivity index (χ2n) is 6.32. The van der Waals surface area contributed by atoms with Crippen molar-refractivity contribution in [1.29, 1.82) is 0 Å². The Morgan fingerprint density at radius 3 is 2.29 bits per heavy atom. The first-order chi connectivity index (χ1) is 13.7. The van der Waals surface area contributed by atoms with Crippen molar-refractivity contribution in [2.75, 3.05) is 31.3 Å². The Morgan fingerprint density at radius 1 is 1.00 bits per heavy atom. The van der Waals surface area contributed by atoms with Crippen LogP contribution in [-0.4, -0.2) is 52.4 Å². The maximum absolute atomic E-state index is 11.9. The van der Waals surface area contributed by atoms with Crippen LogP contribution in [0, 0.1) is 0 Å². The number of aromatic nitrogens is 2. The number of hydrogen-bond acceptors (Lipinski definition) is 6. The molecule has 1 aromatic heterocycles. The molecule has 0 unspecified atom stereocenters. The van der Waals surface area contributed by atoms with Crippen molar-refractivity contribution in [3.05, 3.63) is 72.4 Å². The van der Waals surface area contributed by atoms with Gasteiger partial charge in [-0.15, -0.1) is 0 Å². The van der Waals surface area contributed by atoms with Gasteiger partial charge in [0.2, 0.25) is 0 Å². The van der Waals surface area contributed by atoms with Crippen LogP contribution in [0.4, 0.5) is 11.5 Å². The zero-order valence-electron chi connectivity index (χ0n) is 15.2. The van der Waals surface area contributed by atoms with Crippen molar-refractivity contribution in [2.24, 2.45) is 0 Å². The van der Waals surface area contributed by atoms with Crippen molar-refractivity contribution in [1.82, 2.24) is 15.0 Å². The van der Waals surface area contributed by atoms with E-state index in [1.165, 1.54) is 6.20 Å². The number of carboxylic acid groups (broad SMARTS) is 1. The van der Waals surface area contributed by atoms with Gasteiger partial charge in [-0.1, -0.05) is 48.5 Å². The summed E-state index contributed by atoms with van der Waals surface area (Å²) in [5.74, 6) is -0.243. The molecule has 4 rings (SSSR count). The Bertz CT molecular complexity index is 944. The van der Waals surface area contributed by atoms with Gasteiger partial charge in [-0.05, 0) is 12.1 Å². The molecular weight excluding hydrogens is 356 g/mol. The normalized spacial score (nSPS) is 14.6. The van der Waals surface area contributed by atoms with Gasteiger partial charge < -0.3 is 9.84 Å². The monoisotopic (exact) mass is 376 g/mol. The first-order valence-electron chi connectivity index (χ1n) is 9.07. The number of rotatable bonds is 5. The topological polar surface area (TPSA) is 78.8 Å². The third kappa shape index (κ3) is 3.71. The van der Waals surface area contributed by atoms with Crippen molar-refractivity contribution < 1.29 is 14.6 Å². The van der Waals surface area contributed by atoms with Gasteiger partial charge in [0.1, 0.15) is 5.56 Å². The fourth-order valence-corrected chi connectivity index (χ4v) is 3.15. The number of para-hydroxylation sites is 1. The van der Waals surface area contributed by atoms with Crippen molar-refractivity contribution in [2.45, 2.75) is 0 Å². The molecule has 1 aliphatic rings. The van der Waals surface area contributed by atoms with Gasteiger partial charge in [0, 0.05) is 24.8 Å². The van der Waals surface area contributed by atoms with E-state index in [4.69, 9.17) is 4.74 Å². The zero-order chi connectivity index (χ0) is 19.3. The average molecular weight is 376 g/mol. The van der Waals surface area contributed by atoms with E-state index in [2.05, 4.69) is 15.0 Å². The smallest absolute Gasteiger partial charge is 0.341 e. The maximum atomic E-state index is 11.9. The van der Waals surface area contributed by atoms with E-state index >= 15 is 0 Å². The van der Waals surface area contributed by atoms with Crippen molar-refractivity contribution in [3.63, 3.8) is 0 Å². The first kappa shape index (κ1) is 18.1. The third-order valence-corrected chi connectivity index (χ3v) is 4.50. The van der Waals surface area contributed by atoms with Crippen LogP contribution in [0.2, 0.25) is 0 Å². The molecule has 7 heteroatoms. The van der Waals surface area contributed by atoms with Crippen LogP contribution in [0.5, 0.6) is 0 Å². The lowest BCUT2D eigenvalue weighted by Gasteiger charge is -2.38. The summed E-state index contributed by atoms with van der Waals surface area (Å²) in [6, 6.07) is 19.2. The molecular formula is C21H20N4O3. The number of carboxylic acids is 1. The molecule has 0 radical (unpaired) electrons. The number of nitrogens with zero attached hydrogens (tertiary/aromatic N) is 4. The predicted octanol–water partition coefficient (Wildman–Crippen LogP) is 3.23. The highest BCUT2D eigenvalue weighted by Crippen LogP contribution is 2.30. The maximum Gasteiger partial charge on any atom is 0.341 e. The minimum atomic E-state index is -1.07. The molecule has 28 heavy (non-hydrogen) atoms. The number of carbonyl (C=O) groups is 1. The van der Waals surface area contributed by atoms with Crippen LogP contribution in [0.3, 0.4) is 0 Å². The standard InChI is InChI=1S/C21H20N4O3/c26-21(27)18-15-22-19(16-7-3-1-4-8-16)23-20(18)25(17-9-5-2-6-10-17)24-11-13-28-14-12-24/h1-10,15H,11-14H2,(H,26,27). The summed E-state index contributed by atoms with van der Waals surface area (Å²) in [6.07, 6.45) is 1.38. The van der Waals surface area contributed by atoms with E-state index in [0.717, 1.165) is 11.3 Å². The van der Waals surface area contributed by atoms with Crippen LogP contribution in [-0.2, 0) is 4.74 Å². The quantitative estimate of drug-likeness (QED) is 0.732. The highest BCUT2D eigenvalue weighted by Gasteiger charge is 2.27. The second-order valence-corrected chi connectivity index (χ2v) is 6.32. The van der Waals surface area contributed by atoms with Crippen LogP contribution in [0.25, 0.3) is 11.4 Å². The fourth-order valence-electron chi connectivity index (χ4n) is 3.15. The molecule has 1 N–H and O–H groups in total. The number of aromatic carboxylic acids is 1. The molecule has 1 fully saturated rings. The largest absolute Gasteiger partial charge is 0.477 e. The number of benzene rings is 2. The zero-order valence-corrected chi connectivity index (χ0v) is 15.2. The van der Waals surface area contributed by atoms with E-state index in [1.807, 2.05) is 65.7 Å². The minimum Gasteiger partial charge on any atom is -0.477 e. The number of anilines is 2. The number of hydrogen-bond donors (Lipinski definition) is 1. The molecule has 0 spiro atoms. The van der Waals surface area contributed by atoms with E-state index in [1.54, 1.807) is 0 Å². The summed E-state index contributed by atoms with van der Waals surface area (Å²) in [4.78, 5) is 20.9. The van der Waals surface area contributed by atoms with Crippen LogP contribution in [0.15, 0.2) is 66.9 Å². The molecule has 1 saturated heterocycles. The Balaban J connectivity index is 1.87. The molecule has 0 amide bonds. The van der Waals surface area contributed by atoms with Crippen LogP contribution >= 0.6 is 0 Å². The van der Waals surface area contributed by atoms with E-state index in [0.29, 0.717) is 37.9 Å². The third-order valence-electron chi connectivity index (χ3n) is 4.50. The lowest BCUT2D eigenvalue weighted by molar-refractivity contribution is 0.0373. The molecule has 0 bridgehead atoms. The summed E-state index contributed by atoms with van der Waals surface area (Å²) < 4.78 is 5.47. The summed E-state index contributed by atoms with van der Waals surface area (Å²) in [5.41, 5.74) is 1.72. The van der Waals surface area contributed by atoms with Gasteiger partial charge in [-0.2, -0.15) is 0 Å². The van der Waals surface area contributed by atoms with Crippen LogP contribution < -0.4 is 5.01 Å². The van der Waals surface area contributed by atoms with Crippen molar-refractivity contribution >= 4 is 17.5 Å². The molecule has 1 aliphatic heterocycles. The summed E-state index contributed by atoms with van der Waals surface area (Å²) in [6.45, 7) is 2.42. The molecule has 142 valence electrons. The van der Waals surface area contributed by atoms with E-state index in [-0.39, 0.29) is 5.56 Å². The SMILES string of the molecule is O=C(O)c1cnc(-c2ccccc2)nc1N(c1ccccc1)N1CCOCC1. The minimum absolute atomic E-state index is 0.0510. The van der Waals surface area contributed by atoms with Gasteiger partial charge in [0.25, 0.3) is 0 Å². The highest BCUT2D eigenvalue weighted by atomic mass is 16.5. The molecule has 2 heterocycles.